The van der Waals surface area contributed by atoms with Gasteiger partial charge < -0.3 is 5.11 Å². The molecule has 3 nitrogen and oxygen atoms in total. The van der Waals surface area contributed by atoms with E-state index in [1.54, 1.807) is 7.05 Å². The molecule has 0 saturated heterocycles. The molecule has 0 aliphatic carbocycles. The molecular weight excluding hydrogens is 159 g/mol. The minimum absolute atomic E-state index is 0.0712. The predicted octanol–water partition coefficient (Wildman–Crippen LogP) is 1.42. The lowest BCUT2D eigenvalue weighted by Gasteiger charge is -1.96. The van der Waals surface area contributed by atoms with Gasteiger partial charge in [-0.3, -0.25) is 4.68 Å². The lowest BCUT2D eigenvalue weighted by Crippen LogP contribution is -1.88. The number of benzene rings is 1. The maximum atomic E-state index is 12.8. The summed E-state index contributed by atoms with van der Waals surface area (Å²) in [6, 6.07) is 2.41. The Kier molecular flexibility index (Phi) is 1.30. The number of hydrogen-bond donors (Lipinski definition) is 1. The molecule has 0 fully saturated rings. The lowest BCUT2D eigenvalue weighted by atomic mass is 10.2. The van der Waals surface area contributed by atoms with E-state index in [4.69, 9.17) is 0 Å². The van der Waals surface area contributed by atoms with E-state index >= 15 is 0 Å². The van der Waals surface area contributed by atoms with Gasteiger partial charge in [-0.15, -0.1) is 0 Å². The van der Waals surface area contributed by atoms with Crippen molar-refractivity contribution in [1.29, 1.82) is 0 Å². The Balaban J connectivity index is 2.92. The molecule has 62 valence electrons. The molecular formula is C8H7FN2O. The quantitative estimate of drug-likeness (QED) is 0.642. The van der Waals surface area contributed by atoms with Crippen LogP contribution in [-0.4, -0.2) is 14.9 Å². The van der Waals surface area contributed by atoms with Gasteiger partial charge in [-0.2, -0.15) is 5.10 Å². The van der Waals surface area contributed by atoms with Crippen LogP contribution in [0.2, 0.25) is 0 Å². The molecule has 0 saturated carbocycles. The van der Waals surface area contributed by atoms with E-state index in [9.17, 15) is 9.50 Å². The van der Waals surface area contributed by atoms with E-state index in [2.05, 4.69) is 5.10 Å². The van der Waals surface area contributed by atoms with E-state index in [0.717, 1.165) is 6.07 Å². The van der Waals surface area contributed by atoms with Crippen molar-refractivity contribution in [3.63, 3.8) is 0 Å². The highest BCUT2D eigenvalue weighted by Gasteiger charge is 2.05. The largest absolute Gasteiger partial charge is 0.507 e. The van der Waals surface area contributed by atoms with Gasteiger partial charge in [0.15, 0.2) is 0 Å². The molecule has 0 unspecified atom stereocenters. The molecule has 0 aliphatic heterocycles. The fraction of sp³-hybridized carbons (Fsp3) is 0.125. The third-order valence-electron chi connectivity index (χ3n) is 1.81. The van der Waals surface area contributed by atoms with Gasteiger partial charge in [-0.25, -0.2) is 4.39 Å². The molecule has 1 aromatic carbocycles. The van der Waals surface area contributed by atoms with Crippen LogP contribution in [0.25, 0.3) is 10.9 Å². The molecule has 0 aliphatic rings. The Labute approximate surface area is 68.0 Å². The van der Waals surface area contributed by atoms with Crippen LogP contribution in [0.4, 0.5) is 4.39 Å². The molecule has 2 aromatic rings. The summed E-state index contributed by atoms with van der Waals surface area (Å²) in [6.07, 6.45) is 1.50. The monoisotopic (exact) mass is 166 g/mol. The van der Waals surface area contributed by atoms with Crippen LogP contribution in [0.5, 0.6) is 5.75 Å². The Bertz CT molecular complexity index is 436. The smallest absolute Gasteiger partial charge is 0.129 e. The molecule has 0 amide bonds. The lowest BCUT2D eigenvalue weighted by molar-refractivity contribution is 0.476. The average Bonchev–Trinajstić information content (AvgIpc) is 2.33. The molecule has 1 heterocycles. The number of phenols is 1. The van der Waals surface area contributed by atoms with Crippen LogP contribution >= 0.6 is 0 Å². The molecule has 1 N–H and O–H groups in total. The van der Waals surface area contributed by atoms with E-state index in [0.29, 0.717) is 10.9 Å². The summed E-state index contributed by atoms with van der Waals surface area (Å²) in [7, 11) is 1.70. The minimum Gasteiger partial charge on any atom is -0.507 e. The number of aromatic nitrogens is 2. The molecule has 0 radical (unpaired) electrons. The van der Waals surface area contributed by atoms with Crippen molar-refractivity contribution in [2.75, 3.05) is 0 Å². The van der Waals surface area contributed by atoms with Gasteiger partial charge in [-0.1, -0.05) is 0 Å². The number of nitrogens with zero attached hydrogens (tertiary/aromatic N) is 2. The average molecular weight is 166 g/mol. The first-order chi connectivity index (χ1) is 5.68. The Hall–Kier alpha value is -1.58. The fourth-order valence-electron chi connectivity index (χ4n) is 1.20. The maximum Gasteiger partial charge on any atom is 0.129 e. The zero-order valence-corrected chi connectivity index (χ0v) is 6.45. The van der Waals surface area contributed by atoms with Gasteiger partial charge in [0.2, 0.25) is 0 Å². The van der Waals surface area contributed by atoms with E-state index < -0.39 is 5.82 Å². The zero-order valence-electron chi connectivity index (χ0n) is 6.45. The summed E-state index contributed by atoms with van der Waals surface area (Å²) < 4.78 is 14.3. The zero-order chi connectivity index (χ0) is 8.72. The van der Waals surface area contributed by atoms with Crippen molar-refractivity contribution < 1.29 is 9.50 Å². The first-order valence-electron chi connectivity index (χ1n) is 3.48. The summed E-state index contributed by atoms with van der Waals surface area (Å²) in [5.41, 5.74) is 0.590. The van der Waals surface area contributed by atoms with Crippen molar-refractivity contribution in [1.82, 2.24) is 9.78 Å². The number of rotatable bonds is 0. The molecule has 0 bridgehead atoms. The van der Waals surface area contributed by atoms with Crippen molar-refractivity contribution in [2.24, 2.45) is 7.05 Å². The summed E-state index contributed by atoms with van der Waals surface area (Å²) in [4.78, 5) is 0. The van der Waals surface area contributed by atoms with Crippen molar-refractivity contribution >= 4 is 10.9 Å². The highest BCUT2D eigenvalue weighted by atomic mass is 19.1. The standard InChI is InChI=1S/C8H7FN2O/c1-11-7-2-5(9)3-8(12)6(7)4-10-11/h2-4,12H,1H3. The second-order valence-corrected chi connectivity index (χ2v) is 2.63. The third kappa shape index (κ3) is 0.845. The van der Waals surface area contributed by atoms with E-state index in [-0.39, 0.29) is 5.75 Å². The predicted molar refractivity (Wildman–Crippen MR) is 42.3 cm³/mol. The van der Waals surface area contributed by atoms with Gasteiger partial charge in [0.05, 0.1) is 17.1 Å². The summed E-state index contributed by atoms with van der Waals surface area (Å²) in [5.74, 6) is -0.526. The van der Waals surface area contributed by atoms with Crippen LogP contribution in [0.15, 0.2) is 18.3 Å². The number of aromatic hydroxyl groups is 1. The van der Waals surface area contributed by atoms with Crippen molar-refractivity contribution in [3.8, 4) is 5.75 Å². The Morgan fingerprint density at radius 3 is 3.00 bits per heavy atom. The third-order valence-corrected chi connectivity index (χ3v) is 1.81. The number of halogens is 1. The van der Waals surface area contributed by atoms with Crippen molar-refractivity contribution in [3.05, 3.63) is 24.1 Å². The van der Waals surface area contributed by atoms with Crippen LogP contribution in [-0.2, 0) is 7.05 Å². The van der Waals surface area contributed by atoms with Crippen LogP contribution in [0.1, 0.15) is 0 Å². The highest BCUT2D eigenvalue weighted by molar-refractivity contribution is 5.84. The second-order valence-electron chi connectivity index (χ2n) is 2.63. The normalized spacial score (nSPS) is 10.8. The van der Waals surface area contributed by atoms with E-state index in [1.165, 1.54) is 16.9 Å². The van der Waals surface area contributed by atoms with Gasteiger partial charge >= 0.3 is 0 Å². The maximum absolute atomic E-state index is 12.8. The molecule has 4 heteroatoms. The molecule has 1 aromatic heterocycles. The first kappa shape index (κ1) is 7.09. The summed E-state index contributed by atoms with van der Waals surface area (Å²) >= 11 is 0. The van der Waals surface area contributed by atoms with Crippen LogP contribution < -0.4 is 0 Å². The molecule has 12 heavy (non-hydrogen) atoms. The van der Waals surface area contributed by atoms with Crippen molar-refractivity contribution in [2.45, 2.75) is 0 Å². The topological polar surface area (TPSA) is 38.0 Å². The number of phenolic OH excluding ortho intramolecular Hbond substituents is 1. The molecule has 0 spiro atoms. The fourth-order valence-corrected chi connectivity index (χ4v) is 1.20. The van der Waals surface area contributed by atoms with E-state index in [1.807, 2.05) is 0 Å². The van der Waals surface area contributed by atoms with Crippen LogP contribution in [0.3, 0.4) is 0 Å². The van der Waals surface area contributed by atoms with Gasteiger partial charge in [0.1, 0.15) is 11.6 Å². The number of aryl methyl sites for hydroxylation is 1. The highest BCUT2D eigenvalue weighted by Crippen LogP contribution is 2.24. The first-order valence-corrected chi connectivity index (χ1v) is 3.48. The number of hydrogen-bond acceptors (Lipinski definition) is 2. The Morgan fingerprint density at radius 1 is 1.50 bits per heavy atom. The summed E-state index contributed by atoms with van der Waals surface area (Å²) in [5, 5.41) is 13.7. The van der Waals surface area contributed by atoms with Gasteiger partial charge in [0.25, 0.3) is 0 Å². The molecule has 0 atom stereocenters. The number of fused-ring (bicyclic) bond motifs is 1. The second kappa shape index (κ2) is 2.20. The van der Waals surface area contributed by atoms with Gasteiger partial charge in [-0.05, 0) is 0 Å². The Morgan fingerprint density at radius 2 is 2.25 bits per heavy atom. The SMILES string of the molecule is Cn1ncc2c(O)cc(F)cc21. The van der Waals surface area contributed by atoms with Gasteiger partial charge in [0, 0.05) is 19.2 Å². The minimum atomic E-state index is -0.455. The van der Waals surface area contributed by atoms with Crippen LogP contribution in [0, 0.1) is 5.82 Å². The summed E-state index contributed by atoms with van der Waals surface area (Å²) in [6.45, 7) is 0. The molecule has 2 rings (SSSR count).